The molecule has 1 aromatic carbocycles. The maximum Gasteiger partial charge on any atom is 0.240 e. The summed E-state index contributed by atoms with van der Waals surface area (Å²) in [5.74, 6) is 1.71. The highest BCUT2D eigenvalue weighted by Gasteiger charge is 2.29. The molecule has 1 fully saturated rings. The monoisotopic (exact) mass is 290 g/mol. The SMILES string of the molecule is COc1cc2c(cc1OC)CN(C(=O)[C@H]1CCCN1)CC2. The molecule has 1 saturated heterocycles. The van der Waals surface area contributed by atoms with E-state index in [-0.39, 0.29) is 11.9 Å². The van der Waals surface area contributed by atoms with Crippen molar-refractivity contribution in [2.24, 2.45) is 0 Å². The molecular formula is C16H22N2O3. The zero-order valence-electron chi connectivity index (χ0n) is 12.6. The molecule has 3 rings (SSSR count). The third-order valence-electron chi connectivity index (χ3n) is 4.39. The van der Waals surface area contributed by atoms with E-state index >= 15 is 0 Å². The van der Waals surface area contributed by atoms with Crippen LogP contribution < -0.4 is 14.8 Å². The van der Waals surface area contributed by atoms with Gasteiger partial charge in [-0.3, -0.25) is 4.79 Å². The minimum Gasteiger partial charge on any atom is -0.493 e. The molecule has 5 heteroatoms. The minimum absolute atomic E-state index is 0.00620. The Hall–Kier alpha value is -1.75. The second kappa shape index (κ2) is 5.93. The van der Waals surface area contributed by atoms with Crippen LogP contribution in [0.1, 0.15) is 24.0 Å². The summed E-state index contributed by atoms with van der Waals surface area (Å²) in [6.07, 6.45) is 2.91. The minimum atomic E-state index is 0.00620. The molecule has 2 aliphatic heterocycles. The fraction of sp³-hybridized carbons (Fsp3) is 0.562. The molecule has 5 nitrogen and oxygen atoms in total. The Balaban J connectivity index is 1.79. The van der Waals surface area contributed by atoms with Gasteiger partial charge >= 0.3 is 0 Å². The van der Waals surface area contributed by atoms with Crippen molar-refractivity contribution in [2.45, 2.75) is 31.8 Å². The average Bonchev–Trinajstić information content (AvgIpc) is 3.06. The average molecular weight is 290 g/mol. The van der Waals surface area contributed by atoms with Crippen LogP contribution in [-0.4, -0.2) is 44.2 Å². The molecule has 0 bridgehead atoms. The van der Waals surface area contributed by atoms with Crippen LogP contribution in [0.2, 0.25) is 0 Å². The molecule has 1 aromatic rings. The van der Waals surface area contributed by atoms with E-state index in [1.165, 1.54) is 5.56 Å². The van der Waals surface area contributed by atoms with Crippen LogP contribution in [-0.2, 0) is 17.8 Å². The number of amides is 1. The molecule has 1 amide bonds. The second-order valence-corrected chi connectivity index (χ2v) is 5.63. The van der Waals surface area contributed by atoms with E-state index in [1.54, 1.807) is 14.2 Å². The van der Waals surface area contributed by atoms with E-state index in [0.717, 1.165) is 49.4 Å². The number of fused-ring (bicyclic) bond motifs is 1. The number of nitrogens with zero attached hydrogens (tertiary/aromatic N) is 1. The molecule has 0 aromatic heterocycles. The van der Waals surface area contributed by atoms with Gasteiger partial charge in [-0.15, -0.1) is 0 Å². The molecule has 1 atom stereocenters. The maximum atomic E-state index is 12.5. The fourth-order valence-electron chi connectivity index (χ4n) is 3.19. The van der Waals surface area contributed by atoms with Crippen molar-refractivity contribution in [3.8, 4) is 11.5 Å². The number of hydrogen-bond acceptors (Lipinski definition) is 4. The summed E-state index contributed by atoms with van der Waals surface area (Å²) < 4.78 is 10.7. The Bertz CT molecular complexity index is 539. The summed E-state index contributed by atoms with van der Waals surface area (Å²) in [6, 6.07) is 4.03. The van der Waals surface area contributed by atoms with Crippen LogP contribution in [0, 0.1) is 0 Å². The lowest BCUT2D eigenvalue weighted by Crippen LogP contribution is -2.45. The Kier molecular flexibility index (Phi) is 4.01. The Morgan fingerprint density at radius 2 is 1.95 bits per heavy atom. The molecule has 2 aliphatic rings. The van der Waals surface area contributed by atoms with Gasteiger partial charge in [-0.05, 0) is 49.1 Å². The summed E-state index contributed by atoms with van der Waals surface area (Å²) >= 11 is 0. The summed E-state index contributed by atoms with van der Waals surface area (Å²) in [4.78, 5) is 14.5. The molecule has 2 heterocycles. The van der Waals surface area contributed by atoms with Crippen LogP contribution in [0.25, 0.3) is 0 Å². The van der Waals surface area contributed by atoms with E-state index in [2.05, 4.69) is 5.32 Å². The largest absolute Gasteiger partial charge is 0.493 e. The number of rotatable bonds is 3. The van der Waals surface area contributed by atoms with Crippen molar-refractivity contribution in [1.29, 1.82) is 0 Å². The van der Waals surface area contributed by atoms with Crippen LogP contribution in [0.15, 0.2) is 12.1 Å². The van der Waals surface area contributed by atoms with Crippen molar-refractivity contribution in [1.82, 2.24) is 10.2 Å². The molecule has 114 valence electrons. The quantitative estimate of drug-likeness (QED) is 0.913. The lowest BCUT2D eigenvalue weighted by atomic mass is 9.98. The maximum absolute atomic E-state index is 12.5. The summed E-state index contributed by atoms with van der Waals surface area (Å²) in [6.45, 7) is 2.39. The van der Waals surface area contributed by atoms with E-state index < -0.39 is 0 Å². The van der Waals surface area contributed by atoms with Gasteiger partial charge in [-0.25, -0.2) is 0 Å². The Morgan fingerprint density at radius 1 is 1.24 bits per heavy atom. The third-order valence-corrected chi connectivity index (χ3v) is 4.39. The summed E-state index contributed by atoms with van der Waals surface area (Å²) in [7, 11) is 3.28. The van der Waals surface area contributed by atoms with Gasteiger partial charge in [-0.2, -0.15) is 0 Å². The standard InChI is InChI=1S/C16H22N2O3/c1-20-14-8-11-5-7-18(10-12(11)9-15(14)21-2)16(19)13-4-3-6-17-13/h8-9,13,17H,3-7,10H2,1-2H3/t13-/m1/s1. The lowest BCUT2D eigenvalue weighted by molar-refractivity contribution is -0.134. The number of carbonyl (C=O) groups is 1. The number of carbonyl (C=O) groups excluding carboxylic acids is 1. The van der Waals surface area contributed by atoms with Gasteiger partial charge in [0.25, 0.3) is 0 Å². The molecule has 1 N–H and O–H groups in total. The van der Waals surface area contributed by atoms with Crippen molar-refractivity contribution in [2.75, 3.05) is 27.3 Å². The number of hydrogen-bond donors (Lipinski definition) is 1. The van der Waals surface area contributed by atoms with E-state index in [4.69, 9.17) is 9.47 Å². The number of nitrogens with one attached hydrogen (secondary N) is 1. The van der Waals surface area contributed by atoms with Crippen molar-refractivity contribution in [3.63, 3.8) is 0 Å². The number of benzene rings is 1. The molecule has 0 unspecified atom stereocenters. The van der Waals surface area contributed by atoms with Crippen molar-refractivity contribution >= 4 is 5.91 Å². The predicted molar refractivity (Wildman–Crippen MR) is 79.7 cm³/mol. The van der Waals surface area contributed by atoms with Gasteiger partial charge in [0.1, 0.15) is 0 Å². The van der Waals surface area contributed by atoms with E-state index in [1.807, 2.05) is 17.0 Å². The van der Waals surface area contributed by atoms with Gasteiger partial charge in [0.2, 0.25) is 5.91 Å². The number of ether oxygens (including phenoxy) is 2. The molecule has 0 spiro atoms. The first kappa shape index (κ1) is 14.2. The molecule has 0 saturated carbocycles. The predicted octanol–water partition coefficient (Wildman–Crippen LogP) is 1.34. The zero-order chi connectivity index (χ0) is 14.8. The van der Waals surface area contributed by atoms with Gasteiger partial charge in [0, 0.05) is 13.1 Å². The van der Waals surface area contributed by atoms with E-state index in [9.17, 15) is 4.79 Å². The highest BCUT2D eigenvalue weighted by molar-refractivity contribution is 5.82. The van der Waals surface area contributed by atoms with Gasteiger partial charge in [-0.1, -0.05) is 0 Å². The summed E-state index contributed by atoms with van der Waals surface area (Å²) in [5, 5.41) is 3.28. The first-order valence-electron chi connectivity index (χ1n) is 7.49. The first-order chi connectivity index (χ1) is 10.2. The molecule has 0 radical (unpaired) electrons. The lowest BCUT2D eigenvalue weighted by Gasteiger charge is -2.31. The highest BCUT2D eigenvalue weighted by atomic mass is 16.5. The molecular weight excluding hydrogens is 268 g/mol. The molecule has 0 aliphatic carbocycles. The number of methoxy groups -OCH3 is 2. The third kappa shape index (κ3) is 2.70. The van der Waals surface area contributed by atoms with Crippen LogP contribution in [0.4, 0.5) is 0 Å². The van der Waals surface area contributed by atoms with Gasteiger partial charge in [0.15, 0.2) is 11.5 Å². The topological polar surface area (TPSA) is 50.8 Å². The highest BCUT2D eigenvalue weighted by Crippen LogP contribution is 2.33. The Morgan fingerprint density at radius 3 is 2.57 bits per heavy atom. The zero-order valence-corrected chi connectivity index (χ0v) is 12.6. The smallest absolute Gasteiger partial charge is 0.240 e. The van der Waals surface area contributed by atoms with Crippen LogP contribution in [0.5, 0.6) is 11.5 Å². The molecule has 21 heavy (non-hydrogen) atoms. The van der Waals surface area contributed by atoms with Crippen LogP contribution >= 0.6 is 0 Å². The summed E-state index contributed by atoms with van der Waals surface area (Å²) in [5.41, 5.74) is 2.40. The van der Waals surface area contributed by atoms with Gasteiger partial charge in [0.05, 0.1) is 20.3 Å². The Labute approximate surface area is 125 Å². The second-order valence-electron chi connectivity index (χ2n) is 5.63. The first-order valence-corrected chi connectivity index (χ1v) is 7.49. The van der Waals surface area contributed by atoms with Gasteiger partial charge < -0.3 is 19.7 Å². The van der Waals surface area contributed by atoms with Crippen LogP contribution in [0.3, 0.4) is 0 Å². The normalized spacial score (nSPS) is 21.0. The van der Waals surface area contributed by atoms with Crippen molar-refractivity contribution < 1.29 is 14.3 Å². The van der Waals surface area contributed by atoms with E-state index in [0.29, 0.717) is 6.54 Å². The fourth-order valence-corrected chi connectivity index (χ4v) is 3.19. The van der Waals surface area contributed by atoms with Crippen molar-refractivity contribution in [3.05, 3.63) is 23.3 Å².